The van der Waals surface area contributed by atoms with E-state index in [0.29, 0.717) is 0 Å². The standard InChI is InChI=1S/C13H22N2O/c1-10-6-7-11(12(15-10)16-5)8-9-14-13(2,3)4/h6-7,14H,8-9H2,1-5H3. The van der Waals surface area contributed by atoms with Crippen LogP contribution in [0.5, 0.6) is 5.88 Å². The minimum absolute atomic E-state index is 0.158. The molecular formula is C13H22N2O. The molecule has 1 N–H and O–H groups in total. The van der Waals surface area contributed by atoms with Gasteiger partial charge in [0.2, 0.25) is 5.88 Å². The van der Waals surface area contributed by atoms with Crippen molar-refractivity contribution >= 4 is 0 Å². The summed E-state index contributed by atoms with van der Waals surface area (Å²) in [5.41, 5.74) is 2.31. The van der Waals surface area contributed by atoms with Crippen molar-refractivity contribution in [1.29, 1.82) is 0 Å². The minimum Gasteiger partial charge on any atom is -0.481 e. The van der Waals surface area contributed by atoms with Crippen LogP contribution in [0.2, 0.25) is 0 Å². The van der Waals surface area contributed by atoms with Crippen LogP contribution < -0.4 is 10.1 Å². The summed E-state index contributed by atoms with van der Waals surface area (Å²) in [6.45, 7) is 9.40. The molecule has 3 nitrogen and oxygen atoms in total. The predicted molar refractivity (Wildman–Crippen MR) is 67.0 cm³/mol. The molecule has 0 aliphatic rings. The van der Waals surface area contributed by atoms with Crippen LogP contribution in [0.25, 0.3) is 0 Å². The molecule has 0 saturated carbocycles. The highest BCUT2D eigenvalue weighted by Crippen LogP contribution is 2.16. The molecule has 90 valence electrons. The maximum Gasteiger partial charge on any atom is 0.216 e. The van der Waals surface area contributed by atoms with Gasteiger partial charge < -0.3 is 10.1 Å². The van der Waals surface area contributed by atoms with E-state index in [1.807, 2.05) is 13.0 Å². The fourth-order valence-electron chi connectivity index (χ4n) is 1.50. The summed E-state index contributed by atoms with van der Waals surface area (Å²) >= 11 is 0. The SMILES string of the molecule is COc1nc(C)ccc1CCNC(C)(C)C. The Labute approximate surface area is 98.2 Å². The average Bonchev–Trinajstić information content (AvgIpc) is 2.18. The second kappa shape index (κ2) is 5.30. The summed E-state index contributed by atoms with van der Waals surface area (Å²) in [5, 5.41) is 3.45. The molecule has 1 aromatic rings. The third-order valence-electron chi connectivity index (χ3n) is 2.32. The van der Waals surface area contributed by atoms with E-state index in [-0.39, 0.29) is 5.54 Å². The van der Waals surface area contributed by atoms with Gasteiger partial charge in [-0.15, -0.1) is 0 Å². The lowest BCUT2D eigenvalue weighted by Crippen LogP contribution is -2.37. The molecule has 16 heavy (non-hydrogen) atoms. The van der Waals surface area contributed by atoms with Crippen molar-refractivity contribution in [3.63, 3.8) is 0 Å². The number of aromatic nitrogens is 1. The maximum atomic E-state index is 5.27. The Morgan fingerprint density at radius 2 is 2.00 bits per heavy atom. The van der Waals surface area contributed by atoms with Gasteiger partial charge in [-0.3, -0.25) is 0 Å². The van der Waals surface area contributed by atoms with Crippen molar-refractivity contribution in [2.75, 3.05) is 13.7 Å². The van der Waals surface area contributed by atoms with Crippen molar-refractivity contribution in [3.05, 3.63) is 23.4 Å². The minimum atomic E-state index is 0.158. The fourth-order valence-corrected chi connectivity index (χ4v) is 1.50. The zero-order valence-corrected chi connectivity index (χ0v) is 10.9. The Kier molecular flexibility index (Phi) is 4.30. The van der Waals surface area contributed by atoms with Gasteiger partial charge in [-0.1, -0.05) is 6.07 Å². The van der Waals surface area contributed by atoms with Gasteiger partial charge in [0.1, 0.15) is 0 Å². The number of aryl methyl sites for hydroxylation is 1. The molecule has 0 aliphatic carbocycles. The maximum absolute atomic E-state index is 5.27. The van der Waals surface area contributed by atoms with Crippen molar-refractivity contribution in [2.45, 2.75) is 39.7 Å². The van der Waals surface area contributed by atoms with Crippen molar-refractivity contribution < 1.29 is 4.74 Å². The second-order valence-corrected chi connectivity index (χ2v) is 5.05. The molecule has 0 radical (unpaired) electrons. The lowest BCUT2D eigenvalue weighted by molar-refractivity contribution is 0.387. The molecule has 1 rings (SSSR count). The number of nitrogens with zero attached hydrogens (tertiary/aromatic N) is 1. The number of hydrogen-bond acceptors (Lipinski definition) is 3. The molecule has 3 heteroatoms. The highest BCUT2D eigenvalue weighted by atomic mass is 16.5. The third-order valence-corrected chi connectivity index (χ3v) is 2.32. The van der Waals surface area contributed by atoms with Gasteiger partial charge in [-0.25, -0.2) is 4.98 Å². The van der Waals surface area contributed by atoms with E-state index >= 15 is 0 Å². The molecular weight excluding hydrogens is 200 g/mol. The molecule has 0 saturated heterocycles. The van der Waals surface area contributed by atoms with Gasteiger partial charge in [-0.05, 0) is 46.7 Å². The van der Waals surface area contributed by atoms with Crippen LogP contribution in [0.15, 0.2) is 12.1 Å². The molecule has 0 atom stereocenters. The number of rotatable bonds is 4. The molecule has 0 fully saturated rings. The summed E-state index contributed by atoms with van der Waals surface area (Å²) in [6, 6.07) is 4.11. The van der Waals surface area contributed by atoms with Crippen LogP contribution in [-0.2, 0) is 6.42 Å². The molecule has 0 spiro atoms. The fraction of sp³-hybridized carbons (Fsp3) is 0.615. The first-order chi connectivity index (χ1) is 7.42. The van der Waals surface area contributed by atoms with Crippen molar-refractivity contribution in [2.24, 2.45) is 0 Å². The first-order valence-electron chi connectivity index (χ1n) is 5.68. The van der Waals surface area contributed by atoms with Gasteiger partial charge in [0, 0.05) is 16.8 Å². The zero-order chi connectivity index (χ0) is 12.2. The summed E-state index contributed by atoms with van der Waals surface area (Å²) in [7, 11) is 1.67. The van der Waals surface area contributed by atoms with Crippen molar-refractivity contribution in [1.82, 2.24) is 10.3 Å². The van der Waals surface area contributed by atoms with Gasteiger partial charge in [0.05, 0.1) is 7.11 Å². The Balaban J connectivity index is 2.60. The van der Waals surface area contributed by atoms with Gasteiger partial charge in [0.15, 0.2) is 0 Å². The molecule has 0 bridgehead atoms. The number of hydrogen-bond donors (Lipinski definition) is 1. The van der Waals surface area contributed by atoms with Crippen LogP contribution >= 0.6 is 0 Å². The molecule has 0 amide bonds. The Hall–Kier alpha value is -1.09. The lowest BCUT2D eigenvalue weighted by Gasteiger charge is -2.20. The van der Waals surface area contributed by atoms with E-state index in [1.54, 1.807) is 7.11 Å². The molecule has 1 heterocycles. The number of ether oxygens (including phenoxy) is 1. The average molecular weight is 222 g/mol. The summed E-state index contributed by atoms with van der Waals surface area (Å²) in [4.78, 5) is 4.36. The summed E-state index contributed by atoms with van der Waals surface area (Å²) in [6.07, 6.45) is 0.938. The van der Waals surface area contributed by atoms with E-state index in [1.165, 1.54) is 0 Å². The van der Waals surface area contributed by atoms with Gasteiger partial charge in [-0.2, -0.15) is 0 Å². The Morgan fingerprint density at radius 3 is 2.56 bits per heavy atom. The van der Waals surface area contributed by atoms with Gasteiger partial charge >= 0.3 is 0 Å². The van der Waals surface area contributed by atoms with Crippen LogP contribution in [-0.4, -0.2) is 24.2 Å². The largest absolute Gasteiger partial charge is 0.481 e. The topological polar surface area (TPSA) is 34.1 Å². The van der Waals surface area contributed by atoms with E-state index in [0.717, 1.165) is 30.1 Å². The second-order valence-electron chi connectivity index (χ2n) is 5.05. The zero-order valence-electron chi connectivity index (χ0n) is 10.9. The molecule has 0 aliphatic heterocycles. The first-order valence-corrected chi connectivity index (χ1v) is 5.68. The van der Waals surface area contributed by atoms with Crippen LogP contribution in [0.4, 0.5) is 0 Å². The Morgan fingerprint density at radius 1 is 1.31 bits per heavy atom. The third kappa shape index (κ3) is 4.19. The predicted octanol–water partition coefficient (Wildman–Crippen LogP) is 2.33. The van der Waals surface area contributed by atoms with Gasteiger partial charge in [0.25, 0.3) is 0 Å². The molecule has 0 unspecified atom stereocenters. The van der Waals surface area contributed by atoms with Crippen molar-refractivity contribution in [3.8, 4) is 5.88 Å². The summed E-state index contributed by atoms with van der Waals surface area (Å²) in [5.74, 6) is 0.746. The number of pyridine rings is 1. The molecule has 1 aromatic heterocycles. The summed E-state index contributed by atoms with van der Waals surface area (Å²) < 4.78 is 5.27. The highest BCUT2D eigenvalue weighted by molar-refractivity contribution is 5.28. The Bertz CT molecular complexity index is 342. The van der Waals surface area contributed by atoms with Crippen LogP contribution in [0, 0.1) is 6.92 Å². The van der Waals surface area contributed by atoms with Crippen LogP contribution in [0.1, 0.15) is 32.0 Å². The van der Waals surface area contributed by atoms with Crippen LogP contribution in [0.3, 0.4) is 0 Å². The molecule has 0 aromatic carbocycles. The highest BCUT2D eigenvalue weighted by Gasteiger charge is 2.09. The smallest absolute Gasteiger partial charge is 0.216 e. The lowest BCUT2D eigenvalue weighted by atomic mass is 10.1. The quantitative estimate of drug-likeness (QED) is 0.849. The van der Waals surface area contributed by atoms with E-state index in [4.69, 9.17) is 4.74 Å². The van der Waals surface area contributed by atoms with E-state index < -0.39 is 0 Å². The first kappa shape index (κ1) is 13.0. The van der Waals surface area contributed by atoms with E-state index in [9.17, 15) is 0 Å². The van der Waals surface area contributed by atoms with E-state index in [2.05, 4.69) is 37.1 Å². The number of nitrogens with one attached hydrogen (secondary N) is 1. The number of methoxy groups -OCH3 is 1. The normalized spacial score (nSPS) is 11.6. The monoisotopic (exact) mass is 222 g/mol.